The Kier molecular flexibility index (Phi) is 5.91. The minimum atomic E-state index is -3.78. The van der Waals surface area contributed by atoms with Gasteiger partial charge in [-0.05, 0) is 86.0 Å². The molecule has 0 heterocycles. The fourth-order valence-corrected chi connectivity index (χ4v) is 8.19. The molecule has 1 aromatic rings. The van der Waals surface area contributed by atoms with Crippen molar-refractivity contribution in [1.82, 2.24) is 4.31 Å². The van der Waals surface area contributed by atoms with Crippen molar-refractivity contribution in [2.75, 3.05) is 13.1 Å². The van der Waals surface area contributed by atoms with Crippen molar-refractivity contribution < 1.29 is 17.7 Å². The van der Waals surface area contributed by atoms with Crippen LogP contribution in [-0.2, 0) is 16.7 Å². The second kappa shape index (κ2) is 8.10. The molecule has 4 rings (SSSR count). The van der Waals surface area contributed by atoms with Crippen molar-refractivity contribution in [3.8, 4) is 18.1 Å². The van der Waals surface area contributed by atoms with Gasteiger partial charge in [-0.3, -0.25) is 0 Å². The highest BCUT2D eigenvalue weighted by atomic mass is 32.2. The standard InChI is InChI=1S/C25H35NO4S/c1-5-24-15-13-21-20-12-10-19(30-31(28,29)26(7-3)8-4)17-18(20)9-11-22(21)23(24)14-16-25(24,27)6-2/h2,10,12,17,21-23,27H,5,7-9,11,13-16H2,1,3-4H3/t21-,22-,23+,24+,25?/m1/s1. The first kappa shape index (κ1) is 22.6. The lowest BCUT2D eigenvalue weighted by Gasteiger charge is -2.53. The Hall–Kier alpha value is -1.55. The van der Waals surface area contributed by atoms with Crippen molar-refractivity contribution in [2.24, 2.45) is 17.3 Å². The Labute approximate surface area is 187 Å². The molecule has 1 unspecified atom stereocenters. The van der Waals surface area contributed by atoms with Crippen LogP contribution >= 0.6 is 0 Å². The number of aliphatic hydroxyl groups is 1. The van der Waals surface area contributed by atoms with Crippen LogP contribution < -0.4 is 4.18 Å². The average molecular weight is 446 g/mol. The molecule has 0 aliphatic heterocycles. The van der Waals surface area contributed by atoms with E-state index in [1.165, 1.54) is 15.4 Å². The maximum Gasteiger partial charge on any atom is 0.385 e. The zero-order valence-corrected chi connectivity index (χ0v) is 19.7. The van der Waals surface area contributed by atoms with Crippen LogP contribution in [0.1, 0.15) is 76.3 Å². The van der Waals surface area contributed by atoms with E-state index < -0.39 is 15.9 Å². The quantitative estimate of drug-likeness (QED) is 0.665. The second-order valence-corrected chi connectivity index (χ2v) is 11.0. The predicted octanol–water partition coefficient (Wildman–Crippen LogP) is 4.26. The van der Waals surface area contributed by atoms with Crippen LogP contribution in [0.4, 0.5) is 0 Å². The van der Waals surface area contributed by atoms with Crippen LogP contribution in [0.15, 0.2) is 18.2 Å². The summed E-state index contributed by atoms with van der Waals surface area (Å²) in [5, 5.41) is 11.2. The minimum Gasteiger partial charge on any atom is -0.377 e. The summed E-state index contributed by atoms with van der Waals surface area (Å²) in [5.74, 6) is 4.58. The van der Waals surface area contributed by atoms with Crippen LogP contribution in [0.2, 0.25) is 0 Å². The van der Waals surface area contributed by atoms with Crippen LogP contribution in [0, 0.1) is 29.6 Å². The summed E-state index contributed by atoms with van der Waals surface area (Å²) >= 11 is 0. The van der Waals surface area contributed by atoms with Crippen LogP contribution in [-0.4, -0.2) is 36.5 Å². The van der Waals surface area contributed by atoms with E-state index in [2.05, 4.69) is 18.9 Å². The molecule has 5 nitrogen and oxygen atoms in total. The fraction of sp³-hybridized carbons (Fsp3) is 0.680. The Morgan fingerprint density at radius 1 is 1.19 bits per heavy atom. The normalized spacial score (nSPS) is 34.5. The lowest BCUT2D eigenvalue weighted by atomic mass is 9.52. The van der Waals surface area contributed by atoms with Gasteiger partial charge in [-0.25, -0.2) is 0 Å². The summed E-state index contributed by atoms with van der Waals surface area (Å²) in [4.78, 5) is 0. The fourth-order valence-electron chi connectivity index (χ4n) is 7.10. The summed E-state index contributed by atoms with van der Waals surface area (Å²) in [6.07, 6.45) is 12.4. The molecule has 1 N–H and O–H groups in total. The zero-order chi connectivity index (χ0) is 22.4. The van der Waals surface area contributed by atoms with Gasteiger partial charge in [0.1, 0.15) is 11.4 Å². The van der Waals surface area contributed by atoms with Gasteiger partial charge < -0.3 is 9.29 Å². The van der Waals surface area contributed by atoms with E-state index in [-0.39, 0.29) is 5.41 Å². The number of aryl methyl sites for hydroxylation is 1. The SMILES string of the molecule is C#CC1(O)CC[C@H]2[C@@H]3CCc4cc(OS(=O)(=O)N(CC)CC)ccc4[C@H]3CC[C@@]21CC. The van der Waals surface area contributed by atoms with Gasteiger partial charge in [0.25, 0.3) is 0 Å². The van der Waals surface area contributed by atoms with Gasteiger partial charge in [0.15, 0.2) is 0 Å². The highest BCUT2D eigenvalue weighted by Crippen LogP contribution is 2.65. The number of terminal acetylenes is 1. The molecular weight excluding hydrogens is 410 g/mol. The van der Waals surface area contributed by atoms with Gasteiger partial charge in [-0.2, -0.15) is 12.7 Å². The Morgan fingerprint density at radius 3 is 2.58 bits per heavy atom. The van der Waals surface area contributed by atoms with E-state index in [9.17, 15) is 13.5 Å². The largest absolute Gasteiger partial charge is 0.385 e. The molecule has 2 fully saturated rings. The van der Waals surface area contributed by atoms with E-state index in [1.807, 2.05) is 6.07 Å². The first-order chi connectivity index (χ1) is 14.7. The molecule has 3 aliphatic rings. The smallest absolute Gasteiger partial charge is 0.377 e. The molecule has 0 bridgehead atoms. The highest BCUT2D eigenvalue weighted by molar-refractivity contribution is 7.84. The van der Waals surface area contributed by atoms with Gasteiger partial charge in [0.05, 0.1) is 0 Å². The third-order valence-electron chi connectivity index (χ3n) is 8.64. The molecule has 0 saturated heterocycles. The van der Waals surface area contributed by atoms with Crippen molar-refractivity contribution in [3.05, 3.63) is 29.3 Å². The molecular formula is C25H35NO4S. The average Bonchev–Trinajstić information content (AvgIpc) is 3.07. The van der Waals surface area contributed by atoms with Gasteiger partial charge in [0, 0.05) is 18.5 Å². The van der Waals surface area contributed by atoms with Crippen molar-refractivity contribution in [1.29, 1.82) is 0 Å². The molecule has 2 saturated carbocycles. The summed E-state index contributed by atoms with van der Waals surface area (Å²) in [6, 6.07) is 5.79. The molecule has 5 atom stereocenters. The maximum absolute atomic E-state index is 12.5. The van der Waals surface area contributed by atoms with Crippen LogP contribution in [0.5, 0.6) is 5.75 Å². The number of fused-ring (bicyclic) bond motifs is 5. The summed E-state index contributed by atoms with van der Waals surface area (Å²) in [6.45, 7) is 6.57. The molecule has 31 heavy (non-hydrogen) atoms. The van der Waals surface area contributed by atoms with Gasteiger partial charge in [0.2, 0.25) is 0 Å². The molecule has 1 aromatic carbocycles. The number of rotatable bonds is 6. The van der Waals surface area contributed by atoms with Gasteiger partial charge >= 0.3 is 10.3 Å². The van der Waals surface area contributed by atoms with Crippen molar-refractivity contribution >= 4 is 10.3 Å². The van der Waals surface area contributed by atoms with Gasteiger partial charge in [-0.15, -0.1) is 6.42 Å². The Balaban J connectivity index is 1.60. The van der Waals surface area contributed by atoms with Crippen molar-refractivity contribution in [2.45, 2.75) is 77.2 Å². The Morgan fingerprint density at radius 2 is 1.94 bits per heavy atom. The van der Waals surface area contributed by atoms with E-state index in [4.69, 9.17) is 10.6 Å². The van der Waals surface area contributed by atoms with E-state index in [0.717, 1.165) is 38.5 Å². The first-order valence-electron chi connectivity index (χ1n) is 11.8. The highest BCUT2D eigenvalue weighted by Gasteiger charge is 2.62. The molecule has 0 aromatic heterocycles. The van der Waals surface area contributed by atoms with Gasteiger partial charge in [-0.1, -0.05) is 32.8 Å². The molecule has 0 radical (unpaired) electrons. The third kappa shape index (κ3) is 3.41. The predicted molar refractivity (Wildman–Crippen MR) is 122 cm³/mol. The Bertz CT molecular complexity index is 980. The van der Waals surface area contributed by atoms with E-state index in [0.29, 0.717) is 43.0 Å². The summed E-state index contributed by atoms with van der Waals surface area (Å²) in [7, 11) is -3.78. The van der Waals surface area contributed by atoms with E-state index >= 15 is 0 Å². The van der Waals surface area contributed by atoms with Crippen molar-refractivity contribution in [3.63, 3.8) is 0 Å². The topological polar surface area (TPSA) is 66.8 Å². The molecule has 0 spiro atoms. The zero-order valence-electron chi connectivity index (χ0n) is 18.9. The lowest BCUT2D eigenvalue weighted by Crippen LogP contribution is -2.51. The van der Waals surface area contributed by atoms with E-state index in [1.54, 1.807) is 19.9 Å². The monoisotopic (exact) mass is 445 g/mol. The molecule has 3 aliphatic carbocycles. The number of hydrogen-bond donors (Lipinski definition) is 1. The molecule has 6 heteroatoms. The van der Waals surface area contributed by atoms with Crippen LogP contribution in [0.25, 0.3) is 0 Å². The lowest BCUT2D eigenvalue weighted by molar-refractivity contribution is -0.0799. The number of nitrogens with zero attached hydrogens (tertiary/aromatic N) is 1. The second-order valence-electron chi connectivity index (χ2n) is 9.49. The first-order valence-corrected chi connectivity index (χ1v) is 13.1. The molecule has 170 valence electrons. The minimum absolute atomic E-state index is 0.165. The molecule has 0 amide bonds. The maximum atomic E-state index is 12.5. The number of hydrogen-bond acceptors (Lipinski definition) is 4. The third-order valence-corrected chi connectivity index (χ3v) is 10.2. The van der Waals surface area contributed by atoms with Crippen LogP contribution in [0.3, 0.4) is 0 Å². The summed E-state index contributed by atoms with van der Waals surface area (Å²) in [5.41, 5.74) is 1.38. The summed E-state index contributed by atoms with van der Waals surface area (Å²) < 4.78 is 31.8. The number of benzene rings is 1.